The molecule has 1 aromatic carbocycles. The molecule has 0 radical (unpaired) electrons. The zero-order valence-electron chi connectivity index (χ0n) is 8.98. The standard InChI is InChI=1S/C12H10BrClO3/c1-16-7-2-3-8(9(13)6-7)12(15)10-4-5-11(14)17-10/h2-6,12,15H,1H3. The fourth-order valence-electron chi connectivity index (χ4n) is 1.49. The van der Waals surface area contributed by atoms with E-state index in [4.69, 9.17) is 20.8 Å². The Hall–Kier alpha value is -0.970. The maximum atomic E-state index is 10.1. The number of aliphatic hydroxyl groups is 1. The average Bonchev–Trinajstić information content (AvgIpc) is 2.75. The first-order valence-electron chi connectivity index (χ1n) is 4.88. The first-order valence-corrected chi connectivity index (χ1v) is 6.05. The Morgan fingerprint density at radius 2 is 2.12 bits per heavy atom. The van der Waals surface area contributed by atoms with Crippen molar-refractivity contribution in [2.45, 2.75) is 6.10 Å². The molecule has 0 bridgehead atoms. The molecule has 0 aliphatic heterocycles. The number of hydrogen-bond donors (Lipinski definition) is 1. The van der Waals surface area contributed by atoms with Crippen LogP contribution in [-0.2, 0) is 0 Å². The monoisotopic (exact) mass is 316 g/mol. The third-order valence-electron chi connectivity index (χ3n) is 2.37. The quantitative estimate of drug-likeness (QED) is 0.936. The van der Waals surface area contributed by atoms with Crippen molar-refractivity contribution in [2.24, 2.45) is 0 Å². The van der Waals surface area contributed by atoms with Gasteiger partial charge in [0, 0.05) is 10.0 Å². The lowest BCUT2D eigenvalue weighted by Crippen LogP contribution is -1.99. The number of hydrogen-bond acceptors (Lipinski definition) is 3. The highest BCUT2D eigenvalue weighted by Crippen LogP contribution is 2.32. The number of rotatable bonds is 3. The van der Waals surface area contributed by atoms with Gasteiger partial charge in [0.05, 0.1) is 7.11 Å². The minimum atomic E-state index is -0.859. The van der Waals surface area contributed by atoms with Gasteiger partial charge in [-0.3, -0.25) is 0 Å². The van der Waals surface area contributed by atoms with Gasteiger partial charge in [0.2, 0.25) is 0 Å². The summed E-state index contributed by atoms with van der Waals surface area (Å²) >= 11 is 9.05. The van der Waals surface area contributed by atoms with E-state index in [2.05, 4.69) is 15.9 Å². The second-order valence-electron chi connectivity index (χ2n) is 3.43. The molecule has 1 aromatic heterocycles. The van der Waals surface area contributed by atoms with E-state index < -0.39 is 6.10 Å². The van der Waals surface area contributed by atoms with Crippen LogP contribution in [0.5, 0.6) is 5.75 Å². The minimum Gasteiger partial charge on any atom is -0.497 e. The zero-order valence-corrected chi connectivity index (χ0v) is 11.3. The van der Waals surface area contributed by atoms with Gasteiger partial charge in [-0.25, -0.2) is 0 Å². The number of ether oxygens (including phenoxy) is 1. The molecule has 1 heterocycles. The normalized spacial score (nSPS) is 12.5. The molecule has 0 amide bonds. The molecule has 17 heavy (non-hydrogen) atoms. The van der Waals surface area contributed by atoms with Crippen LogP contribution in [-0.4, -0.2) is 12.2 Å². The maximum Gasteiger partial charge on any atom is 0.193 e. The van der Waals surface area contributed by atoms with E-state index in [1.54, 1.807) is 37.4 Å². The number of benzene rings is 1. The van der Waals surface area contributed by atoms with Gasteiger partial charge in [0.15, 0.2) is 5.22 Å². The molecule has 0 saturated heterocycles. The summed E-state index contributed by atoms with van der Waals surface area (Å²) < 4.78 is 11.0. The summed E-state index contributed by atoms with van der Waals surface area (Å²) in [6.07, 6.45) is -0.859. The summed E-state index contributed by atoms with van der Waals surface area (Å²) in [5.41, 5.74) is 0.691. The van der Waals surface area contributed by atoms with Crippen molar-refractivity contribution in [3.63, 3.8) is 0 Å². The predicted molar refractivity (Wildman–Crippen MR) is 68.5 cm³/mol. The van der Waals surface area contributed by atoms with Crippen molar-refractivity contribution in [2.75, 3.05) is 7.11 Å². The van der Waals surface area contributed by atoms with Crippen LogP contribution in [0.25, 0.3) is 0 Å². The van der Waals surface area contributed by atoms with E-state index in [9.17, 15) is 5.11 Å². The molecule has 2 aromatic rings. The van der Waals surface area contributed by atoms with Crippen molar-refractivity contribution in [3.8, 4) is 5.75 Å². The molecule has 2 rings (SSSR count). The molecule has 0 spiro atoms. The Morgan fingerprint density at radius 3 is 2.65 bits per heavy atom. The van der Waals surface area contributed by atoms with Crippen LogP contribution in [0, 0.1) is 0 Å². The van der Waals surface area contributed by atoms with Crippen LogP contribution in [0.15, 0.2) is 39.2 Å². The highest BCUT2D eigenvalue weighted by atomic mass is 79.9. The van der Waals surface area contributed by atoms with Gasteiger partial charge in [-0.05, 0) is 35.9 Å². The Kier molecular flexibility index (Phi) is 3.76. The summed E-state index contributed by atoms with van der Waals surface area (Å²) in [6, 6.07) is 8.56. The molecule has 1 N–H and O–H groups in total. The summed E-state index contributed by atoms with van der Waals surface area (Å²) in [7, 11) is 1.59. The first-order chi connectivity index (χ1) is 8.11. The van der Waals surface area contributed by atoms with Gasteiger partial charge in [-0.15, -0.1) is 0 Å². The Morgan fingerprint density at radius 1 is 1.35 bits per heavy atom. The van der Waals surface area contributed by atoms with Gasteiger partial charge in [0.25, 0.3) is 0 Å². The van der Waals surface area contributed by atoms with E-state index in [0.29, 0.717) is 17.1 Å². The molecule has 0 saturated carbocycles. The van der Waals surface area contributed by atoms with Crippen molar-refractivity contribution in [3.05, 3.63) is 51.3 Å². The summed E-state index contributed by atoms with van der Waals surface area (Å²) in [5.74, 6) is 1.12. The minimum absolute atomic E-state index is 0.253. The van der Waals surface area contributed by atoms with Crippen LogP contribution in [0.1, 0.15) is 17.4 Å². The molecule has 5 heteroatoms. The average molecular weight is 318 g/mol. The maximum absolute atomic E-state index is 10.1. The van der Waals surface area contributed by atoms with Gasteiger partial charge in [-0.1, -0.05) is 22.0 Å². The summed E-state index contributed by atoms with van der Waals surface area (Å²) in [4.78, 5) is 0. The van der Waals surface area contributed by atoms with Crippen molar-refractivity contribution < 1.29 is 14.3 Å². The van der Waals surface area contributed by atoms with Gasteiger partial charge < -0.3 is 14.3 Å². The van der Waals surface area contributed by atoms with E-state index in [-0.39, 0.29) is 5.22 Å². The Labute approximate surface area is 112 Å². The number of halogens is 2. The Bertz CT molecular complexity index is 524. The largest absolute Gasteiger partial charge is 0.497 e. The summed E-state index contributed by atoms with van der Waals surface area (Å²) in [5, 5.41) is 10.4. The van der Waals surface area contributed by atoms with Crippen LogP contribution >= 0.6 is 27.5 Å². The Balaban J connectivity index is 2.34. The fourth-order valence-corrected chi connectivity index (χ4v) is 2.21. The smallest absolute Gasteiger partial charge is 0.193 e. The lowest BCUT2D eigenvalue weighted by molar-refractivity contribution is 0.188. The molecular weight excluding hydrogens is 307 g/mol. The van der Waals surface area contributed by atoms with Crippen molar-refractivity contribution >= 4 is 27.5 Å². The first kappa shape index (κ1) is 12.5. The van der Waals surface area contributed by atoms with Crippen LogP contribution in [0.2, 0.25) is 5.22 Å². The molecular formula is C12H10BrClO3. The van der Waals surface area contributed by atoms with E-state index in [0.717, 1.165) is 4.47 Å². The van der Waals surface area contributed by atoms with Crippen molar-refractivity contribution in [1.82, 2.24) is 0 Å². The van der Waals surface area contributed by atoms with E-state index in [1.807, 2.05) is 0 Å². The number of furan rings is 1. The van der Waals surface area contributed by atoms with Gasteiger partial charge >= 0.3 is 0 Å². The highest BCUT2D eigenvalue weighted by Gasteiger charge is 2.17. The number of aliphatic hydroxyl groups excluding tert-OH is 1. The molecule has 1 atom stereocenters. The van der Waals surface area contributed by atoms with Crippen molar-refractivity contribution in [1.29, 1.82) is 0 Å². The van der Waals surface area contributed by atoms with E-state index in [1.165, 1.54) is 0 Å². The third kappa shape index (κ3) is 2.65. The third-order valence-corrected chi connectivity index (χ3v) is 3.26. The molecule has 90 valence electrons. The summed E-state index contributed by atoms with van der Waals surface area (Å²) in [6.45, 7) is 0. The molecule has 1 unspecified atom stereocenters. The molecule has 0 fully saturated rings. The van der Waals surface area contributed by atoms with Crippen LogP contribution < -0.4 is 4.74 Å². The second kappa shape index (κ2) is 5.12. The topological polar surface area (TPSA) is 42.6 Å². The lowest BCUT2D eigenvalue weighted by atomic mass is 10.1. The van der Waals surface area contributed by atoms with E-state index >= 15 is 0 Å². The molecule has 0 aliphatic carbocycles. The SMILES string of the molecule is COc1ccc(C(O)c2ccc(Cl)o2)c(Br)c1. The second-order valence-corrected chi connectivity index (χ2v) is 4.66. The van der Waals surface area contributed by atoms with Crippen LogP contribution in [0.4, 0.5) is 0 Å². The molecule has 0 aliphatic rings. The fraction of sp³-hybridized carbons (Fsp3) is 0.167. The zero-order chi connectivity index (χ0) is 12.4. The predicted octanol–water partition coefficient (Wildman–Crippen LogP) is 3.79. The highest BCUT2D eigenvalue weighted by molar-refractivity contribution is 9.10. The lowest BCUT2D eigenvalue weighted by Gasteiger charge is -2.11. The van der Waals surface area contributed by atoms with Crippen LogP contribution in [0.3, 0.4) is 0 Å². The molecule has 3 nitrogen and oxygen atoms in total. The van der Waals surface area contributed by atoms with Gasteiger partial charge in [0.1, 0.15) is 17.6 Å². The number of methoxy groups -OCH3 is 1. The van der Waals surface area contributed by atoms with Gasteiger partial charge in [-0.2, -0.15) is 0 Å².